The monoisotopic (exact) mass is 398 g/mol. The van der Waals surface area contributed by atoms with E-state index in [-0.39, 0.29) is 11.8 Å². The molecule has 2 N–H and O–H groups in total. The summed E-state index contributed by atoms with van der Waals surface area (Å²) in [6.07, 6.45) is 0.777. The van der Waals surface area contributed by atoms with E-state index in [0.717, 1.165) is 29.2 Å². The van der Waals surface area contributed by atoms with Gasteiger partial charge in [0.2, 0.25) is 5.91 Å². The van der Waals surface area contributed by atoms with Gasteiger partial charge in [-0.3, -0.25) is 19.8 Å². The van der Waals surface area contributed by atoms with E-state index in [1.807, 2.05) is 41.1 Å². The van der Waals surface area contributed by atoms with E-state index in [9.17, 15) is 9.59 Å². The standard InChI is InChI=1S/C19H18N4O2S2/c24-17(20-14-4-2-1-3-5-14)11-23-8-6-15-16(10-23)27-19(21-15)22-18(25)13-7-9-26-12-13/h1-5,7,9,12H,6,8,10-11H2,(H,20,24)(H,21,22,25). The first-order valence-electron chi connectivity index (χ1n) is 8.57. The van der Waals surface area contributed by atoms with E-state index in [4.69, 9.17) is 0 Å². The van der Waals surface area contributed by atoms with Crippen LogP contribution < -0.4 is 10.6 Å². The van der Waals surface area contributed by atoms with E-state index in [1.165, 1.54) is 22.7 Å². The van der Waals surface area contributed by atoms with Crippen LogP contribution in [0.3, 0.4) is 0 Å². The van der Waals surface area contributed by atoms with Crippen LogP contribution in [0.25, 0.3) is 0 Å². The van der Waals surface area contributed by atoms with Crippen molar-refractivity contribution in [1.29, 1.82) is 0 Å². The van der Waals surface area contributed by atoms with Crippen molar-refractivity contribution in [3.05, 3.63) is 63.3 Å². The van der Waals surface area contributed by atoms with Gasteiger partial charge >= 0.3 is 0 Å². The Balaban J connectivity index is 1.35. The largest absolute Gasteiger partial charge is 0.325 e. The van der Waals surface area contributed by atoms with Gasteiger partial charge < -0.3 is 5.32 Å². The number of hydrogen-bond donors (Lipinski definition) is 2. The van der Waals surface area contributed by atoms with E-state index >= 15 is 0 Å². The molecule has 3 aromatic rings. The molecule has 6 nitrogen and oxygen atoms in total. The fourth-order valence-electron chi connectivity index (χ4n) is 2.92. The smallest absolute Gasteiger partial charge is 0.258 e. The van der Waals surface area contributed by atoms with Crippen molar-refractivity contribution in [1.82, 2.24) is 9.88 Å². The van der Waals surface area contributed by atoms with Gasteiger partial charge in [-0.15, -0.1) is 11.3 Å². The Morgan fingerprint density at radius 2 is 2.00 bits per heavy atom. The highest BCUT2D eigenvalue weighted by atomic mass is 32.1. The zero-order chi connectivity index (χ0) is 18.6. The second kappa shape index (κ2) is 7.99. The minimum atomic E-state index is -0.138. The minimum Gasteiger partial charge on any atom is -0.325 e. The van der Waals surface area contributed by atoms with Crippen molar-refractivity contribution in [2.24, 2.45) is 0 Å². The molecule has 0 aliphatic carbocycles. The number of thiazole rings is 1. The molecule has 2 amide bonds. The average Bonchev–Trinajstić information content (AvgIpc) is 3.31. The molecule has 2 aromatic heterocycles. The summed E-state index contributed by atoms with van der Waals surface area (Å²) in [5.74, 6) is -0.165. The van der Waals surface area contributed by atoms with Crippen molar-refractivity contribution in [2.75, 3.05) is 23.7 Å². The summed E-state index contributed by atoms with van der Waals surface area (Å²) < 4.78 is 0. The topological polar surface area (TPSA) is 74.3 Å². The summed E-state index contributed by atoms with van der Waals surface area (Å²) in [4.78, 5) is 32.2. The molecule has 138 valence electrons. The maximum absolute atomic E-state index is 12.3. The highest BCUT2D eigenvalue weighted by molar-refractivity contribution is 7.16. The molecule has 3 heterocycles. The molecule has 0 fully saturated rings. The summed E-state index contributed by atoms with van der Waals surface area (Å²) in [7, 11) is 0. The number of aromatic nitrogens is 1. The van der Waals surface area contributed by atoms with Gasteiger partial charge in [-0.25, -0.2) is 4.98 Å². The quantitative estimate of drug-likeness (QED) is 0.690. The van der Waals surface area contributed by atoms with Crippen LogP contribution in [0, 0.1) is 0 Å². The number of carbonyl (C=O) groups is 2. The Kier molecular flexibility index (Phi) is 5.28. The van der Waals surface area contributed by atoms with Crippen LogP contribution in [-0.4, -0.2) is 34.8 Å². The predicted octanol–water partition coefficient (Wildman–Crippen LogP) is 3.45. The maximum atomic E-state index is 12.3. The van der Waals surface area contributed by atoms with Gasteiger partial charge in [0.15, 0.2) is 5.13 Å². The average molecular weight is 399 g/mol. The van der Waals surface area contributed by atoms with E-state index in [2.05, 4.69) is 20.5 Å². The number of fused-ring (bicyclic) bond motifs is 1. The molecule has 0 saturated carbocycles. The number of carbonyl (C=O) groups excluding carboxylic acids is 2. The molecule has 4 rings (SSSR count). The van der Waals surface area contributed by atoms with Crippen LogP contribution in [0.1, 0.15) is 20.9 Å². The first-order chi connectivity index (χ1) is 13.2. The lowest BCUT2D eigenvalue weighted by Gasteiger charge is -2.25. The summed E-state index contributed by atoms with van der Waals surface area (Å²) in [5.41, 5.74) is 2.46. The maximum Gasteiger partial charge on any atom is 0.258 e. The van der Waals surface area contributed by atoms with Crippen LogP contribution in [0.15, 0.2) is 47.2 Å². The van der Waals surface area contributed by atoms with Gasteiger partial charge in [-0.1, -0.05) is 18.2 Å². The number of para-hydroxylation sites is 1. The molecule has 0 bridgehead atoms. The van der Waals surface area contributed by atoms with Crippen LogP contribution in [0.4, 0.5) is 10.8 Å². The number of amides is 2. The molecule has 0 spiro atoms. The van der Waals surface area contributed by atoms with Crippen molar-refractivity contribution in [3.63, 3.8) is 0 Å². The zero-order valence-electron chi connectivity index (χ0n) is 14.5. The van der Waals surface area contributed by atoms with Gasteiger partial charge in [0.05, 0.1) is 17.8 Å². The highest BCUT2D eigenvalue weighted by Gasteiger charge is 2.23. The van der Waals surface area contributed by atoms with E-state index in [1.54, 1.807) is 6.07 Å². The SMILES string of the molecule is O=C(CN1CCc2nc(NC(=O)c3ccsc3)sc2C1)Nc1ccccc1. The Labute approximate surface area is 164 Å². The lowest BCUT2D eigenvalue weighted by molar-refractivity contribution is -0.117. The summed E-state index contributed by atoms with van der Waals surface area (Å²) in [5, 5.41) is 10.1. The second-order valence-electron chi connectivity index (χ2n) is 6.23. The Morgan fingerprint density at radius 1 is 1.15 bits per heavy atom. The normalized spacial score (nSPS) is 13.8. The minimum absolute atomic E-state index is 0.0276. The lowest BCUT2D eigenvalue weighted by atomic mass is 10.2. The van der Waals surface area contributed by atoms with Crippen molar-refractivity contribution in [3.8, 4) is 0 Å². The van der Waals surface area contributed by atoms with Gasteiger partial charge in [0.1, 0.15) is 0 Å². The highest BCUT2D eigenvalue weighted by Crippen LogP contribution is 2.28. The molecule has 27 heavy (non-hydrogen) atoms. The molecule has 8 heteroatoms. The van der Waals surface area contributed by atoms with Crippen LogP contribution in [0.5, 0.6) is 0 Å². The molecule has 1 aromatic carbocycles. The zero-order valence-corrected chi connectivity index (χ0v) is 16.1. The third-order valence-corrected chi connectivity index (χ3v) is 5.92. The molecule has 1 aliphatic rings. The second-order valence-corrected chi connectivity index (χ2v) is 8.09. The number of thiophene rings is 1. The molecule has 0 atom stereocenters. The Bertz CT molecular complexity index is 938. The Morgan fingerprint density at radius 3 is 2.78 bits per heavy atom. The summed E-state index contributed by atoms with van der Waals surface area (Å²) >= 11 is 2.97. The summed E-state index contributed by atoms with van der Waals surface area (Å²) in [6.45, 7) is 1.78. The number of rotatable bonds is 5. The fourth-order valence-corrected chi connectivity index (χ4v) is 4.61. The third kappa shape index (κ3) is 4.41. The molecule has 0 radical (unpaired) electrons. The number of anilines is 2. The number of benzene rings is 1. The number of hydrogen-bond acceptors (Lipinski definition) is 6. The fraction of sp³-hybridized carbons (Fsp3) is 0.211. The molecular formula is C19H18N4O2S2. The van der Waals surface area contributed by atoms with E-state index in [0.29, 0.717) is 23.8 Å². The summed E-state index contributed by atoms with van der Waals surface area (Å²) in [6, 6.07) is 11.2. The molecule has 0 saturated heterocycles. The number of nitrogens with one attached hydrogen (secondary N) is 2. The van der Waals surface area contributed by atoms with Gasteiger partial charge in [-0.05, 0) is 23.6 Å². The third-order valence-electron chi connectivity index (χ3n) is 4.24. The first-order valence-corrected chi connectivity index (χ1v) is 10.3. The predicted molar refractivity (Wildman–Crippen MR) is 108 cm³/mol. The van der Waals surface area contributed by atoms with Crippen LogP contribution in [-0.2, 0) is 17.8 Å². The van der Waals surface area contributed by atoms with Crippen LogP contribution in [0.2, 0.25) is 0 Å². The number of nitrogens with zero attached hydrogens (tertiary/aromatic N) is 2. The lowest BCUT2D eigenvalue weighted by Crippen LogP contribution is -2.36. The first kappa shape index (κ1) is 17.8. The van der Waals surface area contributed by atoms with Crippen LogP contribution >= 0.6 is 22.7 Å². The molecular weight excluding hydrogens is 380 g/mol. The van der Waals surface area contributed by atoms with Gasteiger partial charge in [0.25, 0.3) is 5.91 Å². The van der Waals surface area contributed by atoms with Crippen molar-refractivity contribution in [2.45, 2.75) is 13.0 Å². The van der Waals surface area contributed by atoms with E-state index < -0.39 is 0 Å². The van der Waals surface area contributed by atoms with Gasteiger partial charge in [-0.2, -0.15) is 11.3 Å². The molecule has 0 unspecified atom stereocenters. The van der Waals surface area contributed by atoms with Crippen molar-refractivity contribution >= 4 is 45.3 Å². The Hall–Kier alpha value is -2.55. The molecule has 1 aliphatic heterocycles. The van der Waals surface area contributed by atoms with Crippen molar-refractivity contribution < 1.29 is 9.59 Å². The van der Waals surface area contributed by atoms with Gasteiger partial charge in [0, 0.05) is 35.5 Å².